The number of nitrogen functional groups attached to an aromatic ring is 1. The second kappa shape index (κ2) is 5.82. The fourth-order valence-electron chi connectivity index (χ4n) is 1.76. The zero-order valence-corrected chi connectivity index (χ0v) is 12.9. The maximum Gasteiger partial charge on any atom is 0.265 e. The molecule has 0 aliphatic heterocycles. The van der Waals surface area contributed by atoms with Gasteiger partial charge in [0, 0.05) is 11.8 Å². The van der Waals surface area contributed by atoms with Crippen LogP contribution in [0.1, 0.15) is 17.3 Å². The summed E-state index contributed by atoms with van der Waals surface area (Å²) in [6.07, 6.45) is 1.22. The van der Waals surface area contributed by atoms with E-state index in [0.29, 0.717) is 0 Å². The third-order valence-corrected chi connectivity index (χ3v) is 4.37. The van der Waals surface area contributed by atoms with Crippen molar-refractivity contribution in [3.63, 3.8) is 0 Å². The Labute approximate surface area is 131 Å². The highest BCUT2D eigenvalue weighted by atomic mass is 35.5. The third-order valence-electron chi connectivity index (χ3n) is 2.76. The van der Waals surface area contributed by atoms with Crippen molar-refractivity contribution >= 4 is 38.9 Å². The Morgan fingerprint density at radius 1 is 1.36 bits per heavy atom. The summed E-state index contributed by atoms with van der Waals surface area (Å²) in [6.45, 7) is 1.25. The molecule has 1 aromatic heterocycles. The third kappa shape index (κ3) is 3.29. The number of carbonyl (C=O) groups excluding carboxylic acids is 1. The van der Waals surface area contributed by atoms with Gasteiger partial charge in [0.25, 0.3) is 10.0 Å². The lowest BCUT2D eigenvalue weighted by atomic mass is 10.1. The van der Waals surface area contributed by atoms with Crippen molar-refractivity contribution in [3.8, 4) is 5.75 Å². The highest BCUT2D eigenvalue weighted by molar-refractivity contribution is 7.92. The van der Waals surface area contributed by atoms with Crippen LogP contribution in [0, 0.1) is 0 Å². The van der Waals surface area contributed by atoms with E-state index >= 15 is 0 Å². The molecule has 0 amide bonds. The Morgan fingerprint density at radius 2 is 2.05 bits per heavy atom. The van der Waals surface area contributed by atoms with E-state index in [4.69, 9.17) is 17.3 Å². The van der Waals surface area contributed by atoms with Gasteiger partial charge in [-0.15, -0.1) is 0 Å². The van der Waals surface area contributed by atoms with Gasteiger partial charge in [-0.25, -0.2) is 13.4 Å². The van der Waals surface area contributed by atoms with Crippen LogP contribution in [0.2, 0.25) is 5.02 Å². The van der Waals surface area contributed by atoms with Gasteiger partial charge in [0.15, 0.2) is 5.78 Å². The smallest absolute Gasteiger partial charge is 0.265 e. The van der Waals surface area contributed by atoms with Crippen LogP contribution in [0.25, 0.3) is 0 Å². The van der Waals surface area contributed by atoms with Gasteiger partial charge in [0.05, 0.1) is 10.7 Å². The quantitative estimate of drug-likeness (QED) is 0.577. The summed E-state index contributed by atoms with van der Waals surface area (Å²) in [6, 6.07) is 4.85. The van der Waals surface area contributed by atoms with Crippen molar-refractivity contribution in [2.75, 3.05) is 10.5 Å². The summed E-state index contributed by atoms with van der Waals surface area (Å²) in [5.41, 5.74) is 5.60. The van der Waals surface area contributed by atoms with E-state index in [1.165, 1.54) is 31.3 Å². The standard InChI is InChI=1S/C13H12ClN3O4S/c1-7(18)10-5-9(19)2-3-11(10)17-22(20,21)12-4-8(14)6-16-13(12)15/h2-6,17,19H,1H3,(H2,15,16). The molecule has 116 valence electrons. The van der Waals surface area contributed by atoms with Crippen LogP contribution in [0.15, 0.2) is 35.4 Å². The number of phenolic OH excluding ortho intramolecular Hbond substituents is 1. The second-order valence-electron chi connectivity index (χ2n) is 4.43. The van der Waals surface area contributed by atoms with E-state index in [1.807, 2.05) is 0 Å². The lowest BCUT2D eigenvalue weighted by Crippen LogP contribution is -2.17. The largest absolute Gasteiger partial charge is 0.508 e. The molecule has 0 saturated carbocycles. The lowest BCUT2D eigenvalue weighted by molar-refractivity contribution is 0.101. The van der Waals surface area contributed by atoms with Crippen molar-refractivity contribution in [2.45, 2.75) is 11.8 Å². The SMILES string of the molecule is CC(=O)c1cc(O)ccc1NS(=O)(=O)c1cc(Cl)cnc1N. The van der Waals surface area contributed by atoms with Gasteiger partial charge < -0.3 is 10.8 Å². The summed E-state index contributed by atoms with van der Waals surface area (Å²) < 4.78 is 27.0. The molecular weight excluding hydrogens is 330 g/mol. The first kappa shape index (κ1) is 16.1. The van der Waals surface area contributed by atoms with Crippen molar-refractivity contribution < 1.29 is 18.3 Å². The molecule has 0 fully saturated rings. The Morgan fingerprint density at radius 3 is 2.68 bits per heavy atom. The number of rotatable bonds is 4. The Hall–Kier alpha value is -2.32. The van der Waals surface area contributed by atoms with Crippen LogP contribution in [-0.4, -0.2) is 24.3 Å². The zero-order valence-electron chi connectivity index (χ0n) is 11.4. The van der Waals surface area contributed by atoms with Crippen LogP contribution in [0.4, 0.5) is 11.5 Å². The molecular formula is C13H12ClN3O4S. The number of aromatic hydroxyl groups is 1. The second-order valence-corrected chi connectivity index (χ2v) is 6.52. The highest BCUT2D eigenvalue weighted by Crippen LogP contribution is 2.27. The van der Waals surface area contributed by atoms with Gasteiger partial charge in [-0.2, -0.15) is 0 Å². The minimum atomic E-state index is -4.09. The van der Waals surface area contributed by atoms with Crippen molar-refractivity contribution in [2.24, 2.45) is 0 Å². The van der Waals surface area contributed by atoms with Crippen molar-refractivity contribution in [1.82, 2.24) is 4.98 Å². The van der Waals surface area contributed by atoms with E-state index < -0.39 is 15.8 Å². The number of nitrogens with zero attached hydrogens (tertiary/aromatic N) is 1. The number of pyridine rings is 1. The molecule has 0 aliphatic rings. The van der Waals surface area contributed by atoms with E-state index in [2.05, 4.69) is 9.71 Å². The molecule has 22 heavy (non-hydrogen) atoms. The predicted molar refractivity (Wildman–Crippen MR) is 82.6 cm³/mol. The van der Waals surface area contributed by atoms with Gasteiger partial charge in [0.2, 0.25) is 0 Å². The molecule has 9 heteroatoms. The fraction of sp³-hybridized carbons (Fsp3) is 0.0769. The number of benzene rings is 1. The minimum absolute atomic E-state index is 0.0182. The van der Waals surface area contributed by atoms with E-state index in [1.54, 1.807) is 0 Å². The van der Waals surface area contributed by atoms with Crippen molar-refractivity contribution in [1.29, 1.82) is 0 Å². The number of sulfonamides is 1. The molecule has 0 bridgehead atoms. The molecule has 0 unspecified atom stereocenters. The number of hydrogen-bond donors (Lipinski definition) is 3. The van der Waals surface area contributed by atoms with Crippen LogP contribution in [0.3, 0.4) is 0 Å². The van der Waals surface area contributed by atoms with Crippen LogP contribution in [0.5, 0.6) is 5.75 Å². The van der Waals surface area contributed by atoms with Crippen molar-refractivity contribution in [3.05, 3.63) is 41.0 Å². The zero-order chi connectivity index (χ0) is 16.5. The molecule has 0 saturated heterocycles. The van der Waals surface area contributed by atoms with E-state index in [0.717, 1.165) is 6.07 Å². The number of hydrogen-bond acceptors (Lipinski definition) is 6. The number of nitrogens with one attached hydrogen (secondary N) is 1. The molecule has 0 radical (unpaired) electrons. The van der Waals surface area contributed by atoms with Crippen LogP contribution >= 0.6 is 11.6 Å². The first-order valence-electron chi connectivity index (χ1n) is 5.98. The van der Waals surface area contributed by atoms with Gasteiger partial charge >= 0.3 is 0 Å². The molecule has 7 nitrogen and oxygen atoms in total. The van der Waals surface area contributed by atoms with E-state index in [-0.39, 0.29) is 32.7 Å². The number of anilines is 2. The number of Topliss-reactive ketones (excluding diaryl/α,β-unsaturated/α-hetero) is 1. The Balaban J connectivity index is 2.50. The summed E-state index contributed by atoms with van der Waals surface area (Å²) in [7, 11) is -4.09. The Kier molecular flexibility index (Phi) is 4.25. The monoisotopic (exact) mass is 341 g/mol. The maximum atomic E-state index is 12.4. The Bertz CT molecular complexity index is 852. The molecule has 0 aliphatic carbocycles. The van der Waals surface area contributed by atoms with Gasteiger partial charge in [-0.05, 0) is 31.2 Å². The molecule has 2 rings (SSSR count). The normalized spacial score (nSPS) is 11.2. The average Bonchev–Trinajstić information content (AvgIpc) is 2.43. The number of phenols is 1. The molecule has 0 spiro atoms. The minimum Gasteiger partial charge on any atom is -0.508 e. The fourth-order valence-corrected chi connectivity index (χ4v) is 3.17. The molecule has 1 aromatic carbocycles. The summed E-state index contributed by atoms with van der Waals surface area (Å²) in [5, 5.41) is 9.51. The lowest BCUT2D eigenvalue weighted by Gasteiger charge is -2.12. The number of halogens is 1. The molecule has 1 heterocycles. The molecule has 4 N–H and O–H groups in total. The first-order valence-corrected chi connectivity index (χ1v) is 7.84. The van der Waals surface area contributed by atoms with Crippen LogP contribution in [-0.2, 0) is 10.0 Å². The number of aromatic nitrogens is 1. The van der Waals surface area contributed by atoms with E-state index in [9.17, 15) is 18.3 Å². The van der Waals surface area contributed by atoms with Gasteiger partial charge in [-0.3, -0.25) is 9.52 Å². The number of ketones is 1. The first-order chi connectivity index (χ1) is 10.2. The van der Waals surface area contributed by atoms with Gasteiger partial charge in [0.1, 0.15) is 16.5 Å². The highest BCUT2D eigenvalue weighted by Gasteiger charge is 2.21. The number of carbonyl (C=O) groups is 1. The molecule has 0 atom stereocenters. The average molecular weight is 342 g/mol. The van der Waals surface area contributed by atoms with Crippen LogP contribution < -0.4 is 10.5 Å². The summed E-state index contributed by atoms with van der Waals surface area (Å²) in [5.74, 6) is -0.789. The maximum absolute atomic E-state index is 12.4. The van der Waals surface area contributed by atoms with Gasteiger partial charge in [-0.1, -0.05) is 11.6 Å². The number of nitrogens with two attached hydrogens (primary N) is 1. The summed E-state index contributed by atoms with van der Waals surface area (Å²) in [4.78, 5) is 14.9. The molecule has 2 aromatic rings. The predicted octanol–water partition coefficient (Wildman–Crippen LogP) is 2.03. The summed E-state index contributed by atoms with van der Waals surface area (Å²) >= 11 is 5.73. The topological polar surface area (TPSA) is 122 Å².